The van der Waals surface area contributed by atoms with Gasteiger partial charge in [-0.25, -0.2) is 8.98 Å². The van der Waals surface area contributed by atoms with E-state index in [2.05, 4.69) is 4.18 Å². The Labute approximate surface area is 150 Å². The molecule has 10 heteroatoms. The number of ether oxygens (including phenoxy) is 1. The van der Waals surface area contributed by atoms with Gasteiger partial charge >= 0.3 is 21.6 Å². The zero-order valence-electron chi connectivity index (χ0n) is 14.2. The van der Waals surface area contributed by atoms with Crippen LogP contribution in [0, 0.1) is 0 Å². The van der Waals surface area contributed by atoms with Crippen molar-refractivity contribution in [3.8, 4) is 5.75 Å². The van der Waals surface area contributed by atoms with Crippen molar-refractivity contribution in [2.45, 2.75) is 50.6 Å². The third-order valence-electron chi connectivity index (χ3n) is 3.40. The van der Waals surface area contributed by atoms with Gasteiger partial charge in [0.05, 0.1) is 6.61 Å². The van der Waals surface area contributed by atoms with Gasteiger partial charge < -0.3 is 9.84 Å². The smallest absolute Gasteiger partial charge is 0.494 e. The summed E-state index contributed by atoms with van der Waals surface area (Å²) < 4.78 is 68.1. The van der Waals surface area contributed by atoms with Crippen LogP contribution in [-0.4, -0.2) is 37.7 Å². The molecule has 6 nitrogen and oxygen atoms in total. The molecule has 0 aliphatic heterocycles. The van der Waals surface area contributed by atoms with Gasteiger partial charge in [-0.15, -0.1) is 0 Å². The van der Waals surface area contributed by atoms with Crippen molar-refractivity contribution in [2.24, 2.45) is 0 Å². The number of halogens is 3. The highest BCUT2D eigenvalue weighted by Crippen LogP contribution is 2.27. The number of aliphatic carboxylic acids is 1. The summed E-state index contributed by atoms with van der Waals surface area (Å²) in [6, 6.07) is 7.02. The van der Waals surface area contributed by atoms with Crippen LogP contribution in [0.4, 0.5) is 13.2 Å². The summed E-state index contributed by atoms with van der Waals surface area (Å²) in [7, 11) is -5.96. The first-order valence-corrected chi connectivity index (χ1v) is 9.41. The van der Waals surface area contributed by atoms with Crippen LogP contribution in [-0.2, 0) is 25.5 Å². The fourth-order valence-corrected chi connectivity index (χ4v) is 2.63. The second kappa shape index (κ2) is 9.77. The lowest BCUT2D eigenvalue weighted by Crippen LogP contribution is -2.34. The third-order valence-corrected chi connectivity index (χ3v) is 4.45. The van der Waals surface area contributed by atoms with Crippen molar-refractivity contribution in [3.05, 3.63) is 29.8 Å². The topological polar surface area (TPSA) is 89.9 Å². The lowest BCUT2D eigenvalue weighted by molar-refractivity contribution is -0.146. The SMILES string of the molecule is CCCCOc1cccc(CCCC(OS(=O)(=O)C(F)(F)F)C(=O)O)c1. The minimum absolute atomic E-state index is 0.128. The van der Waals surface area contributed by atoms with Gasteiger partial charge in [-0.1, -0.05) is 25.5 Å². The fraction of sp³-hybridized carbons (Fsp3) is 0.562. The molecule has 1 aromatic carbocycles. The molecule has 0 saturated heterocycles. The average molecular weight is 398 g/mol. The predicted octanol–water partition coefficient (Wildman–Crippen LogP) is 3.51. The van der Waals surface area contributed by atoms with Crippen molar-refractivity contribution in [1.29, 1.82) is 0 Å². The van der Waals surface area contributed by atoms with Gasteiger partial charge in [0.25, 0.3) is 0 Å². The molecule has 0 aliphatic carbocycles. The maximum Gasteiger partial charge on any atom is 0.523 e. The van der Waals surface area contributed by atoms with Gasteiger partial charge in [-0.2, -0.15) is 21.6 Å². The Morgan fingerprint density at radius 2 is 1.96 bits per heavy atom. The highest BCUT2D eigenvalue weighted by atomic mass is 32.2. The maximum absolute atomic E-state index is 12.3. The van der Waals surface area contributed by atoms with Gasteiger partial charge in [0, 0.05) is 0 Å². The van der Waals surface area contributed by atoms with Crippen molar-refractivity contribution in [2.75, 3.05) is 6.61 Å². The number of alkyl halides is 3. The molecule has 1 atom stereocenters. The van der Waals surface area contributed by atoms with Crippen LogP contribution in [0.3, 0.4) is 0 Å². The average Bonchev–Trinajstić information content (AvgIpc) is 2.53. The number of benzene rings is 1. The first-order chi connectivity index (χ1) is 12.1. The molecular formula is C16H21F3O6S. The molecule has 1 rings (SSSR count). The van der Waals surface area contributed by atoms with Gasteiger partial charge in [0.15, 0.2) is 6.10 Å². The fourth-order valence-electron chi connectivity index (χ4n) is 2.04. The van der Waals surface area contributed by atoms with Crippen LogP contribution >= 0.6 is 0 Å². The summed E-state index contributed by atoms with van der Waals surface area (Å²) >= 11 is 0. The Hall–Kier alpha value is -1.81. The summed E-state index contributed by atoms with van der Waals surface area (Å²) in [5.74, 6) is -1.13. The first kappa shape index (κ1) is 22.2. The van der Waals surface area contributed by atoms with Crippen molar-refractivity contribution in [3.63, 3.8) is 0 Å². The predicted molar refractivity (Wildman–Crippen MR) is 87.3 cm³/mol. The largest absolute Gasteiger partial charge is 0.523 e. The standard InChI is InChI=1S/C16H21F3O6S/c1-2-3-10-24-13-8-4-6-12(11-13)7-5-9-14(15(20)21)25-26(22,23)16(17,18)19/h4,6,8,11,14H,2-3,5,7,9-10H2,1H3,(H,20,21). The highest BCUT2D eigenvalue weighted by Gasteiger charge is 2.49. The molecule has 0 aromatic heterocycles. The molecule has 0 aliphatic rings. The number of rotatable bonds is 11. The first-order valence-electron chi connectivity index (χ1n) is 8.01. The van der Waals surface area contributed by atoms with E-state index in [0.29, 0.717) is 18.8 Å². The lowest BCUT2D eigenvalue weighted by Gasteiger charge is -2.15. The van der Waals surface area contributed by atoms with E-state index >= 15 is 0 Å². The van der Waals surface area contributed by atoms with Crippen LogP contribution < -0.4 is 4.74 Å². The molecule has 0 fully saturated rings. The summed E-state index contributed by atoms with van der Waals surface area (Å²) in [6.07, 6.45) is -0.129. The minimum atomic E-state index is -5.96. The minimum Gasteiger partial charge on any atom is -0.494 e. The summed E-state index contributed by atoms with van der Waals surface area (Å²) in [5.41, 5.74) is -4.87. The summed E-state index contributed by atoms with van der Waals surface area (Å²) in [6.45, 7) is 2.59. The normalized spacial score (nSPS) is 13.4. The second-order valence-electron chi connectivity index (χ2n) is 5.56. The number of hydrogen-bond acceptors (Lipinski definition) is 5. The number of unbranched alkanes of at least 4 members (excludes halogenated alkanes) is 1. The van der Waals surface area contributed by atoms with E-state index in [4.69, 9.17) is 9.84 Å². The number of aryl methyl sites for hydroxylation is 1. The van der Waals surface area contributed by atoms with Gasteiger partial charge in [-0.3, -0.25) is 0 Å². The van der Waals surface area contributed by atoms with Crippen LogP contribution in [0.2, 0.25) is 0 Å². The zero-order valence-corrected chi connectivity index (χ0v) is 15.0. The molecule has 1 unspecified atom stereocenters. The van der Waals surface area contributed by atoms with Crippen molar-refractivity contribution in [1.82, 2.24) is 0 Å². The van der Waals surface area contributed by atoms with E-state index in [1.807, 2.05) is 6.92 Å². The monoisotopic (exact) mass is 398 g/mol. The van der Waals surface area contributed by atoms with E-state index < -0.39 is 27.7 Å². The molecule has 0 radical (unpaired) electrons. The van der Waals surface area contributed by atoms with E-state index in [0.717, 1.165) is 18.4 Å². The molecule has 1 aromatic rings. The number of hydrogen-bond donors (Lipinski definition) is 1. The Kier molecular flexibility index (Phi) is 8.35. The molecule has 0 heterocycles. The van der Waals surface area contributed by atoms with E-state index in [9.17, 15) is 26.4 Å². The second-order valence-corrected chi connectivity index (χ2v) is 7.13. The Balaban J connectivity index is 2.61. The Morgan fingerprint density at radius 1 is 1.27 bits per heavy atom. The molecule has 26 heavy (non-hydrogen) atoms. The molecule has 0 bridgehead atoms. The van der Waals surface area contributed by atoms with Crippen LogP contribution in [0.1, 0.15) is 38.2 Å². The lowest BCUT2D eigenvalue weighted by atomic mass is 10.1. The quantitative estimate of drug-likeness (QED) is 0.349. The molecule has 0 amide bonds. The van der Waals surface area contributed by atoms with E-state index in [1.54, 1.807) is 24.3 Å². The van der Waals surface area contributed by atoms with Crippen LogP contribution in [0.15, 0.2) is 24.3 Å². The zero-order chi connectivity index (χ0) is 19.8. The number of carbonyl (C=O) groups is 1. The van der Waals surface area contributed by atoms with Crippen molar-refractivity contribution >= 4 is 16.1 Å². The Bertz CT molecular complexity index is 687. The van der Waals surface area contributed by atoms with Crippen LogP contribution in [0.25, 0.3) is 0 Å². The summed E-state index contributed by atoms with van der Waals surface area (Å²) in [5, 5.41) is 8.89. The van der Waals surface area contributed by atoms with E-state index in [1.165, 1.54) is 0 Å². The Morgan fingerprint density at radius 3 is 2.54 bits per heavy atom. The molecule has 148 valence electrons. The van der Waals surface area contributed by atoms with E-state index in [-0.39, 0.29) is 12.8 Å². The maximum atomic E-state index is 12.3. The number of carboxylic acids is 1. The van der Waals surface area contributed by atoms with Gasteiger partial charge in [0.2, 0.25) is 0 Å². The third kappa shape index (κ3) is 7.20. The van der Waals surface area contributed by atoms with Gasteiger partial charge in [-0.05, 0) is 43.4 Å². The molecule has 0 spiro atoms. The molecule has 0 saturated carbocycles. The van der Waals surface area contributed by atoms with Gasteiger partial charge in [0.1, 0.15) is 5.75 Å². The highest BCUT2D eigenvalue weighted by molar-refractivity contribution is 7.87. The molecule has 1 N–H and O–H groups in total. The number of carboxylic acid groups (broad SMARTS) is 1. The summed E-state index contributed by atoms with van der Waals surface area (Å²) in [4.78, 5) is 11.0. The van der Waals surface area contributed by atoms with Crippen molar-refractivity contribution < 1.29 is 40.4 Å². The van der Waals surface area contributed by atoms with Crippen LogP contribution in [0.5, 0.6) is 5.75 Å². The molecular weight excluding hydrogens is 377 g/mol.